The second kappa shape index (κ2) is 7.20. The van der Waals surface area contributed by atoms with Crippen LogP contribution in [0.1, 0.15) is 25.8 Å². The summed E-state index contributed by atoms with van der Waals surface area (Å²) in [5.41, 5.74) is 1.17. The molecule has 0 aliphatic rings. The van der Waals surface area contributed by atoms with Crippen LogP contribution in [0.3, 0.4) is 0 Å². The van der Waals surface area contributed by atoms with Crippen LogP contribution >= 0.6 is 0 Å². The number of ether oxygens (including phenoxy) is 1. The Labute approximate surface area is 97.6 Å². The third-order valence-electron chi connectivity index (χ3n) is 2.28. The number of hydrogen-bond acceptors (Lipinski definition) is 2. The summed E-state index contributed by atoms with van der Waals surface area (Å²) in [5.74, 6) is 0. The lowest BCUT2D eigenvalue weighted by atomic mass is 10.2. The van der Waals surface area contributed by atoms with Gasteiger partial charge in [0.05, 0.1) is 12.2 Å². The average Bonchev–Trinajstić information content (AvgIpc) is 2.27. The second-order valence-electron chi connectivity index (χ2n) is 3.98. The molecule has 16 heavy (non-hydrogen) atoms. The van der Waals surface area contributed by atoms with E-state index in [-0.39, 0.29) is 12.2 Å². The minimum Gasteiger partial charge on any atom is -0.393 e. The van der Waals surface area contributed by atoms with Crippen molar-refractivity contribution >= 4 is 6.08 Å². The largest absolute Gasteiger partial charge is 0.393 e. The van der Waals surface area contributed by atoms with E-state index in [1.54, 1.807) is 6.92 Å². The van der Waals surface area contributed by atoms with E-state index in [1.165, 1.54) is 5.56 Å². The maximum atomic E-state index is 9.08. The Hall–Kier alpha value is -1.12. The van der Waals surface area contributed by atoms with Gasteiger partial charge < -0.3 is 9.84 Å². The van der Waals surface area contributed by atoms with E-state index in [4.69, 9.17) is 9.84 Å². The molecule has 88 valence electrons. The highest BCUT2D eigenvalue weighted by Crippen LogP contribution is 2.04. The molecule has 2 unspecified atom stereocenters. The van der Waals surface area contributed by atoms with Gasteiger partial charge in [-0.3, -0.25) is 0 Å². The fraction of sp³-hybridized carbons (Fsp3) is 0.429. The summed E-state index contributed by atoms with van der Waals surface area (Å²) in [7, 11) is 0. The summed E-state index contributed by atoms with van der Waals surface area (Å²) in [6.07, 6.45) is 4.55. The van der Waals surface area contributed by atoms with Crippen molar-refractivity contribution in [2.45, 2.75) is 32.5 Å². The number of hydrogen-bond donors (Lipinski definition) is 1. The Morgan fingerprint density at radius 2 is 1.94 bits per heavy atom. The van der Waals surface area contributed by atoms with Gasteiger partial charge in [0.1, 0.15) is 0 Å². The molecule has 0 spiro atoms. The summed E-state index contributed by atoms with van der Waals surface area (Å²) >= 11 is 0. The highest BCUT2D eigenvalue weighted by atomic mass is 16.5. The van der Waals surface area contributed by atoms with Gasteiger partial charge in [-0.2, -0.15) is 0 Å². The lowest BCUT2D eigenvalue weighted by Crippen LogP contribution is -2.10. The van der Waals surface area contributed by atoms with Crippen LogP contribution in [0.5, 0.6) is 0 Å². The van der Waals surface area contributed by atoms with E-state index >= 15 is 0 Å². The molecule has 0 saturated carbocycles. The van der Waals surface area contributed by atoms with Gasteiger partial charge in [0.2, 0.25) is 0 Å². The molecular weight excluding hydrogens is 200 g/mol. The van der Waals surface area contributed by atoms with Crippen molar-refractivity contribution in [2.24, 2.45) is 0 Å². The molecule has 2 nitrogen and oxygen atoms in total. The Bertz CT molecular complexity index is 304. The van der Waals surface area contributed by atoms with E-state index in [2.05, 4.69) is 12.1 Å². The molecule has 1 aromatic carbocycles. The number of aliphatic hydroxyl groups excluding tert-OH is 1. The van der Waals surface area contributed by atoms with Gasteiger partial charge in [-0.05, 0) is 25.8 Å². The Balaban J connectivity index is 2.28. The summed E-state index contributed by atoms with van der Waals surface area (Å²) in [6, 6.07) is 10.1. The maximum Gasteiger partial charge on any atom is 0.0730 e. The van der Waals surface area contributed by atoms with Crippen LogP contribution in [0.2, 0.25) is 0 Å². The van der Waals surface area contributed by atoms with E-state index in [1.807, 2.05) is 37.3 Å². The van der Waals surface area contributed by atoms with Crippen LogP contribution in [0.15, 0.2) is 36.4 Å². The van der Waals surface area contributed by atoms with Crippen molar-refractivity contribution < 1.29 is 9.84 Å². The first-order chi connectivity index (χ1) is 7.68. The van der Waals surface area contributed by atoms with Crippen LogP contribution in [-0.4, -0.2) is 23.9 Å². The number of rotatable bonds is 6. The molecule has 0 bridgehead atoms. The minimum absolute atomic E-state index is 0.0824. The summed E-state index contributed by atoms with van der Waals surface area (Å²) < 4.78 is 5.53. The molecule has 1 rings (SSSR count). The molecular formula is C14H20O2. The first-order valence-electron chi connectivity index (χ1n) is 5.71. The van der Waals surface area contributed by atoms with Crippen LogP contribution in [0.25, 0.3) is 6.08 Å². The van der Waals surface area contributed by atoms with E-state index in [9.17, 15) is 0 Å². The standard InChI is InChI=1S/C14H20O2/c1-12(15)10-11-16-13(2)8-9-14-6-4-3-5-7-14/h3-9,12-13,15H,10-11H2,1-2H3/b9-8+. The van der Waals surface area contributed by atoms with Gasteiger partial charge in [-0.25, -0.2) is 0 Å². The predicted octanol–water partition coefficient (Wildman–Crippen LogP) is 2.88. The highest BCUT2D eigenvalue weighted by Gasteiger charge is 1.99. The van der Waals surface area contributed by atoms with Crippen molar-refractivity contribution in [3.63, 3.8) is 0 Å². The Kier molecular flexibility index (Phi) is 5.83. The minimum atomic E-state index is -0.287. The molecule has 2 atom stereocenters. The highest BCUT2D eigenvalue weighted by molar-refractivity contribution is 5.49. The molecule has 1 aromatic rings. The summed E-state index contributed by atoms with van der Waals surface area (Å²) in [4.78, 5) is 0. The first-order valence-corrected chi connectivity index (χ1v) is 5.71. The third-order valence-corrected chi connectivity index (χ3v) is 2.28. The molecule has 1 N–H and O–H groups in total. The fourth-order valence-electron chi connectivity index (χ4n) is 1.29. The zero-order valence-corrected chi connectivity index (χ0v) is 9.97. The lowest BCUT2D eigenvalue weighted by Gasteiger charge is -2.09. The average molecular weight is 220 g/mol. The zero-order valence-electron chi connectivity index (χ0n) is 9.97. The first kappa shape index (κ1) is 12.9. The zero-order chi connectivity index (χ0) is 11.8. The molecule has 2 heteroatoms. The molecule has 0 fully saturated rings. The fourth-order valence-corrected chi connectivity index (χ4v) is 1.29. The molecule has 0 aliphatic carbocycles. The normalized spacial score (nSPS) is 15.2. The molecule has 0 aliphatic heterocycles. The maximum absolute atomic E-state index is 9.08. The SMILES string of the molecule is CC(O)CCOC(C)/C=C/c1ccccc1. The molecule has 0 saturated heterocycles. The van der Waals surface area contributed by atoms with Gasteiger partial charge in [0.15, 0.2) is 0 Å². The van der Waals surface area contributed by atoms with Crippen LogP contribution < -0.4 is 0 Å². The topological polar surface area (TPSA) is 29.5 Å². The van der Waals surface area contributed by atoms with Crippen molar-refractivity contribution in [3.05, 3.63) is 42.0 Å². The second-order valence-corrected chi connectivity index (χ2v) is 3.98. The van der Waals surface area contributed by atoms with Crippen molar-refractivity contribution in [3.8, 4) is 0 Å². The lowest BCUT2D eigenvalue weighted by molar-refractivity contribution is 0.0652. The molecule has 0 radical (unpaired) electrons. The Morgan fingerprint density at radius 3 is 2.56 bits per heavy atom. The number of aliphatic hydroxyl groups is 1. The smallest absolute Gasteiger partial charge is 0.0730 e. The van der Waals surface area contributed by atoms with Crippen molar-refractivity contribution in [1.29, 1.82) is 0 Å². The van der Waals surface area contributed by atoms with Gasteiger partial charge in [0, 0.05) is 6.61 Å². The van der Waals surface area contributed by atoms with Gasteiger partial charge in [-0.15, -0.1) is 0 Å². The van der Waals surface area contributed by atoms with Crippen LogP contribution in [0.4, 0.5) is 0 Å². The predicted molar refractivity (Wildman–Crippen MR) is 67.2 cm³/mol. The van der Waals surface area contributed by atoms with E-state index < -0.39 is 0 Å². The monoisotopic (exact) mass is 220 g/mol. The van der Waals surface area contributed by atoms with Crippen LogP contribution in [0, 0.1) is 0 Å². The van der Waals surface area contributed by atoms with E-state index in [0.717, 1.165) is 0 Å². The Morgan fingerprint density at radius 1 is 1.25 bits per heavy atom. The summed E-state index contributed by atoms with van der Waals surface area (Å²) in [6.45, 7) is 4.37. The quantitative estimate of drug-likeness (QED) is 0.798. The van der Waals surface area contributed by atoms with Crippen molar-refractivity contribution in [2.75, 3.05) is 6.61 Å². The molecule has 0 aromatic heterocycles. The van der Waals surface area contributed by atoms with Crippen LogP contribution in [-0.2, 0) is 4.74 Å². The van der Waals surface area contributed by atoms with Gasteiger partial charge >= 0.3 is 0 Å². The number of benzene rings is 1. The molecule has 0 amide bonds. The third kappa shape index (κ3) is 5.69. The van der Waals surface area contributed by atoms with Gasteiger partial charge in [-0.1, -0.05) is 42.5 Å². The van der Waals surface area contributed by atoms with E-state index in [0.29, 0.717) is 13.0 Å². The molecule has 0 heterocycles. The van der Waals surface area contributed by atoms with Crippen molar-refractivity contribution in [1.82, 2.24) is 0 Å². The van der Waals surface area contributed by atoms with Gasteiger partial charge in [0.25, 0.3) is 0 Å². The summed E-state index contributed by atoms with van der Waals surface area (Å²) in [5, 5.41) is 9.08.